The molecule has 1 amide bonds. The van der Waals surface area contributed by atoms with E-state index < -0.39 is 17.7 Å². The van der Waals surface area contributed by atoms with Crippen LogP contribution >= 0.6 is 0 Å². The number of aryl methyl sites for hydroxylation is 1. The Morgan fingerprint density at radius 3 is 2.46 bits per heavy atom. The summed E-state index contributed by atoms with van der Waals surface area (Å²) >= 11 is 0. The van der Waals surface area contributed by atoms with Crippen LogP contribution in [0.2, 0.25) is 0 Å². The van der Waals surface area contributed by atoms with Crippen molar-refractivity contribution in [2.75, 3.05) is 32.4 Å². The molecule has 0 aromatic heterocycles. The zero-order valence-electron chi connectivity index (χ0n) is 22.6. The largest absolute Gasteiger partial charge is 0.507 e. The van der Waals surface area contributed by atoms with E-state index in [-0.39, 0.29) is 24.7 Å². The van der Waals surface area contributed by atoms with E-state index >= 15 is 0 Å². The van der Waals surface area contributed by atoms with E-state index in [0.717, 1.165) is 28.8 Å². The second-order valence-electron chi connectivity index (χ2n) is 9.93. The number of anilines is 1. The second-order valence-corrected chi connectivity index (χ2v) is 9.93. The molecule has 1 fully saturated rings. The molecule has 1 atom stereocenters. The van der Waals surface area contributed by atoms with Gasteiger partial charge in [-0.25, -0.2) is 0 Å². The normalized spacial score (nSPS) is 17.5. The van der Waals surface area contributed by atoms with Crippen molar-refractivity contribution in [3.63, 3.8) is 0 Å². The number of Topliss-reactive ketones (excluding diaryl/α,β-unsaturated/α-hetero) is 1. The van der Waals surface area contributed by atoms with E-state index in [0.29, 0.717) is 29.4 Å². The Hall–Kier alpha value is -4.46. The monoisotopic (exact) mass is 528 g/mol. The molecule has 3 aromatic rings. The molecule has 39 heavy (non-hydrogen) atoms. The van der Waals surface area contributed by atoms with E-state index in [1.54, 1.807) is 24.3 Å². The SMILES string of the molecule is CCCOc1ccc(/C(O)=C2\C(=O)C(=O)N(Cc3ccc4c(c3)OCO4)C2c2ccc(N(C)C)cc2)cc1C. The maximum Gasteiger partial charge on any atom is 0.295 e. The Morgan fingerprint density at radius 1 is 1.03 bits per heavy atom. The molecule has 202 valence electrons. The standard InChI is InChI=1S/C31H32N2O6/c1-5-14-37-24-13-9-22(15-19(24)2)29(34)27-28(21-7-10-23(11-8-21)32(3)4)33(31(36)30(27)35)17-20-6-12-25-26(16-20)39-18-38-25/h6-13,15-16,28,34H,5,14,17-18H2,1-4H3/b29-27+. The van der Waals surface area contributed by atoms with Crippen LogP contribution < -0.4 is 19.1 Å². The number of ketones is 1. The summed E-state index contributed by atoms with van der Waals surface area (Å²) in [5.74, 6) is 0.338. The van der Waals surface area contributed by atoms with Crippen molar-refractivity contribution in [3.05, 3.63) is 88.5 Å². The number of benzene rings is 3. The first-order valence-corrected chi connectivity index (χ1v) is 13.0. The predicted octanol–water partition coefficient (Wildman–Crippen LogP) is 5.20. The van der Waals surface area contributed by atoms with Crippen LogP contribution in [0, 0.1) is 6.92 Å². The Kier molecular flexibility index (Phi) is 7.19. The third-order valence-electron chi connectivity index (χ3n) is 6.97. The maximum atomic E-state index is 13.5. The zero-order chi connectivity index (χ0) is 27.7. The number of amides is 1. The summed E-state index contributed by atoms with van der Waals surface area (Å²) in [4.78, 5) is 30.4. The molecular formula is C31H32N2O6. The van der Waals surface area contributed by atoms with E-state index in [9.17, 15) is 14.7 Å². The Bertz CT molecular complexity index is 1440. The first kappa shape index (κ1) is 26.2. The number of nitrogens with zero attached hydrogens (tertiary/aromatic N) is 2. The van der Waals surface area contributed by atoms with E-state index in [1.165, 1.54) is 4.90 Å². The van der Waals surface area contributed by atoms with Crippen molar-refractivity contribution in [2.24, 2.45) is 0 Å². The first-order valence-electron chi connectivity index (χ1n) is 13.0. The van der Waals surface area contributed by atoms with Gasteiger partial charge in [-0.2, -0.15) is 0 Å². The molecule has 3 aromatic carbocycles. The van der Waals surface area contributed by atoms with E-state index in [2.05, 4.69) is 0 Å². The summed E-state index contributed by atoms with van der Waals surface area (Å²) in [5, 5.41) is 11.5. The summed E-state index contributed by atoms with van der Waals surface area (Å²) in [6.45, 7) is 4.80. The van der Waals surface area contributed by atoms with Gasteiger partial charge in [-0.15, -0.1) is 0 Å². The second kappa shape index (κ2) is 10.7. The third-order valence-corrected chi connectivity index (χ3v) is 6.97. The van der Waals surface area contributed by atoms with Crippen LogP contribution in [0.25, 0.3) is 5.76 Å². The Labute approximate surface area is 228 Å². The molecule has 0 saturated carbocycles. The molecule has 2 heterocycles. The van der Waals surface area contributed by atoms with Gasteiger partial charge >= 0.3 is 0 Å². The Morgan fingerprint density at radius 2 is 1.77 bits per heavy atom. The number of carbonyl (C=O) groups is 2. The number of rotatable bonds is 8. The number of aliphatic hydroxyl groups excluding tert-OH is 1. The van der Waals surface area contributed by atoms with Crippen LogP contribution in [0.4, 0.5) is 5.69 Å². The van der Waals surface area contributed by atoms with Gasteiger partial charge in [-0.3, -0.25) is 9.59 Å². The molecule has 5 rings (SSSR count). The highest BCUT2D eigenvalue weighted by atomic mass is 16.7. The lowest BCUT2D eigenvalue weighted by Gasteiger charge is -2.26. The number of ether oxygens (including phenoxy) is 3. The number of hydrogen-bond acceptors (Lipinski definition) is 7. The van der Waals surface area contributed by atoms with E-state index in [4.69, 9.17) is 14.2 Å². The minimum atomic E-state index is -0.775. The third kappa shape index (κ3) is 5.02. The minimum absolute atomic E-state index is 0.0555. The number of aliphatic hydroxyl groups is 1. The van der Waals surface area contributed by atoms with Gasteiger partial charge in [0.2, 0.25) is 6.79 Å². The molecule has 0 spiro atoms. The van der Waals surface area contributed by atoms with Gasteiger partial charge in [-0.1, -0.05) is 25.1 Å². The van der Waals surface area contributed by atoms with Crippen molar-refractivity contribution in [1.29, 1.82) is 0 Å². The van der Waals surface area contributed by atoms with Gasteiger partial charge in [0.15, 0.2) is 11.5 Å². The van der Waals surface area contributed by atoms with Gasteiger partial charge in [0.1, 0.15) is 11.5 Å². The molecule has 8 nitrogen and oxygen atoms in total. The van der Waals surface area contributed by atoms with Crippen molar-refractivity contribution >= 4 is 23.1 Å². The highest BCUT2D eigenvalue weighted by Crippen LogP contribution is 2.42. The quantitative estimate of drug-likeness (QED) is 0.244. The van der Waals surface area contributed by atoms with Crippen LogP contribution in [0.15, 0.2) is 66.2 Å². The minimum Gasteiger partial charge on any atom is -0.507 e. The first-order chi connectivity index (χ1) is 18.8. The lowest BCUT2D eigenvalue weighted by molar-refractivity contribution is -0.140. The van der Waals surface area contributed by atoms with Crippen LogP contribution in [0.5, 0.6) is 17.2 Å². The van der Waals surface area contributed by atoms with E-state index in [1.807, 2.05) is 69.2 Å². The summed E-state index contributed by atoms with van der Waals surface area (Å²) in [5.41, 5.74) is 3.82. The molecule has 1 unspecified atom stereocenters. The predicted molar refractivity (Wildman–Crippen MR) is 148 cm³/mol. The highest BCUT2D eigenvalue weighted by Gasteiger charge is 2.46. The fraction of sp³-hybridized carbons (Fsp3) is 0.290. The smallest absolute Gasteiger partial charge is 0.295 e. The molecule has 0 aliphatic carbocycles. The Balaban J connectivity index is 1.58. The maximum absolute atomic E-state index is 13.5. The number of carbonyl (C=O) groups excluding carboxylic acids is 2. The average molecular weight is 529 g/mol. The summed E-state index contributed by atoms with van der Waals surface area (Å²) in [6.07, 6.45) is 0.876. The zero-order valence-corrected chi connectivity index (χ0v) is 22.6. The molecule has 1 saturated heterocycles. The van der Waals surface area contributed by atoms with Crippen molar-refractivity contribution in [3.8, 4) is 17.2 Å². The topological polar surface area (TPSA) is 88.5 Å². The number of fused-ring (bicyclic) bond motifs is 1. The van der Waals surface area contributed by atoms with Crippen LogP contribution in [0.3, 0.4) is 0 Å². The van der Waals surface area contributed by atoms with Gasteiger partial charge in [-0.05, 0) is 72.5 Å². The number of hydrogen-bond donors (Lipinski definition) is 1. The summed E-state index contributed by atoms with van der Waals surface area (Å²) < 4.78 is 16.7. The van der Waals surface area contributed by atoms with Crippen LogP contribution in [-0.4, -0.2) is 49.2 Å². The molecule has 2 aliphatic rings. The lowest BCUT2D eigenvalue weighted by Crippen LogP contribution is -2.29. The molecular weight excluding hydrogens is 496 g/mol. The van der Waals surface area contributed by atoms with Crippen molar-refractivity contribution in [2.45, 2.75) is 32.9 Å². The highest BCUT2D eigenvalue weighted by molar-refractivity contribution is 6.46. The van der Waals surface area contributed by atoms with Crippen LogP contribution in [-0.2, 0) is 16.1 Å². The lowest BCUT2D eigenvalue weighted by atomic mass is 9.94. The average Bonchev–Trinajstić information content (AvgIpc) is 3.50. The molecule has 0 bridgehead atoms. The van der Waals surface area contributed by atoms with Gasteiger partial charge in [0.25, 0.3) is 11.7 Å². The van der Waals surface area contributed by atoms with Gasteiger partial charge in [0, 0.05) is 31.9 Å². The van der Waals surface area contributed by atoms with Crippen molar-refractivity contribution in [1.82, 2.24) is 4.90 Å². The van der Waals surface area contributed by atoms with Gasteiger partial charge in [0.05, 0.1) is 18.2 Å². The fourth-order valence-electron chi connectivity index (χ4n) is 4.91. The fourth-order valence-corrected chi connectivity index (χ4v) is 4.91. The molecule has 0 radical (unpaired) electrons. The number of likely N-dealkylation sites (tertiary alicyclic amines) is 1. The van der Waals surface area contributed by atoms with Crippen LogP contribution in [0.1, 0.15) is 41.6 Å². The summed E-state index contributed by atoms with van der Waals surface area (Å²) in [7, 11) is 3.88. The van der Waals surface area contributed by atoms with Crippen molar-refractivity contribution < 1.29 is 28.9 Å². The van der Waals surface area contributed by atoms with Gasteiger partial charge < -0.3 is 29.1 Å². The molecule has 2 aliphatic heterocycles. The molecule has 1 N–H and O–H groups in total. The summed E-state index contributed by atoms with van der Waals surface area (Å²) in [6, 6.07) is 17.6. The molecule has 8 heteroatoms.